The SMILES string of the molecule is CCOc1ccc(C2=N[C@@H](c3ccccc3Cl)N[C@H](c3cc(Br)ccc3O)C2)cc1. The summed E-state index contributed by atoms with van der Waals surface area (Å²) < 4.78 is 6.48. The molecule has 0 radical (unpaired) electrons. The Balaban J connectivity index is 1.75. The van der Waals surface area contributed by atoms with E-state index in [-0.39, 0.29) is 18.0 Å². The number of nitrogens with one attached hydrogen (secondary N) is 1. The number of hydrogen-bond acceptors (Lipinski definition) is 4. The monoisotopic (exact) mass is 484 g/mol. The Morgan fingerprint density at radius 3 is 2.60 bits per heavy atom. The molecule has 0 saturated heterocycles. The van der Waals surface area contributed by atoms with Gasteiger partial charge in [-0.25, -0.2) is 0 Å². The zero-order chi connectivity index (χ0) is 21.1. The zero-order valence-corrected chi connectivity index (χ0v) is 18.8. The molecule has 0 aromatic heterocycles. The van der Waals surface area contributed by atoms with Crippen molar-refractivity contribution < 1.29 is 9.84 Å². The van der Waals surface area contributed by atoms with Crippen LogP contribution >= 0.6 is 27.5 Å². The minimum Gasteiger partial charge on any atom is -0.508 e. The van der Waals surface area contributed by atoms with Gasteiger partial charge in [-0.05, 0) is 61.0 Å². The third-order valence-corrected chi connectivity index (χ3v) is 5.94. The van der Waals surface area contributed by atoms with Gasteiger partial charge >= 0.3 is 0 Å². The summed E-state index contributed by atoms with van der Waals surface area (Å²) in [5.74, 6) is 1.08. The molecule has 0 amide bonds. The Labute approximate surface area is 189 Å². The number of aliphatic imine (C=N–C) groups is 1. The van der Waals surface area contributed by atoms with Gasteiger partial charge in [0.25, 0.3) is 0 Å². The summed E-state index contributed by atoms with van der Waals surface area (Å²) in [5.41, 5.74) is 3.70. The first-order valence-electron chi connectivity index (χ1n) is 9.84. The minimum atomic E-state index is -0.322. The van der Waals surface area contributed by atoms with Gasteiger partial charge < -0.3 is 9.84 Å². The van der Waals surface area contributed by atoms with Gasteiger partial charge in [-0.3, -0.25) is 10.3 Å². The Kier molecular flexibility index (Phi) is 6.42. The minimum absolute atomic E-state index is 0.122. The van der Waals surface area contributed by atoms with Crippen LogP contribution in [0.5, 0.6) is 11.5 Å². The van der Waals surface area contributed by atoms with Crippen molar-refractivity contribution in [3.8, 4) is 11.5 Å². The van der Waals surface area contributed by atoms with Crippen LogP contribution in [0.3, 0.4) is 0 Å². The number of nitrogens with zero attached hydrogens (tertiary/aromatic N) is 1. The van der Waals surface area contributed by atoms with Crippen molar-refractivity contribution in [1.29, 1.82) is 0 Å². The highest BCUT2D eigenvalue weighted by Gasteiger charge is 2.28. The first kappa shape index (κ1) is 20.9. The molecule has 3 aromatic carbocycles. The van der Waals surface area contributed by atoms with E-state index in [2.05, 4.69) is 21.2 Å². The number of ether oxygens (including phenoxy) is 1. The molecular formula is C24H22BrClN2O2. The fourth-order valence-corrected chi connectivity index (χ4v) is 4.27. The lowest BCUT2D eigenvalue weighted by Gasteiger charge is -2.31. The number of aromatic hydroxyl groups is 1. The maximum atomic E-state index is 10.5. The molecule has 2 atom stereocenters. The predicted octanol–water partition coefficient (Wildman–Crippen LogP) is 6.43. The van der Waals surface area contributed by atoms with Gasteiger partial charge in [-0.1, -0.05) is 45.7 Å². The Bertz CT molecular complexity index is 1070. The van der Waals surface area contributed by atoms with Crippen LogP contribution < -0.4 is 10.1 Å². The van der Waals surface area contributed by atoms with Crippen molar-refractivity contribution in [1.82, 2.24) is 5.32 Å². The third-order valence-electron chi connectivity index (χ3n) is 5.10. The molecule has 2 N–H and O–H groups in total. The second-order valence-electron chi connectivity index (χ2n) is 7.08. The summed E-state index contributed by atoms with van der Waals surface area (Å²) in [5, 5.41) is 14.7. The highest BCUT2D eigenvalue weighted by Crippen LogP contribution is 2.37. The van der Waals surface area contributed by atoms with Crippen molar-refractivity contribution in [2.45, 2.75) is 25.6 Å². The first-order chi connectivity index (χ1) is 14.5. The average Bonchev–Trinajstić information content (AvgIpc) is 2.76. The van der Waals surface area contributed by atoms with Crippen molar-refractivity contribution in [3.05, 3.63) is 92.9 Å². The predicted molar refractivity (Wildman–Crippen MR) is 125 cm³/mol. The highest BCUT2D eigenvalue weighted by molar-refractivity contribution is 9.10. The van der Waals surface area contributed by atoms with Crippen LogP contribution in [0.1, 0.15) is 42.2 Å². The fraction of sp³-hybridized carbons (Fsp3) is 0.208. The van der Waals surface area contributed by atoms with E-state index in [0.29, 0.717) is 18.1 Å². The maximum absolute atomic E-state index is 10.5. The number of benzene rings is 3. The van der Waals surface area contributed by atoms with E-state index >= 15 is 0 Å². The lowest BCUT2D eigenvalue weighted by atomic mass is 9.93. The Morgan fingerprint density at radius 1 is 1.10 bits per heavy atom. The summed E-state index contributed by atoms with van der Waals surface area (Å²) in [7, 11) is 0. The quantitative estimate of drug-likeness (QED) is 0.438. The van der Waals surface area contributed by atoms with Crippen LogP contribution in [-0.4, -0.2) is 17.4 Å². The van der Waals surface area contributed by atoms with Crippen LogP contribution in [0.25, 0.3) is 0 Å². The number of rotatable bonds is 5. The molecule has 0 spiro atoms. The van der Waals surface area contributed by atoms with Gasteiger partial charge in [0.2, 0.25) is 0 Å². The van der Waals surface area contributed by atoms with Crippen LogP contribution in [0.15, 0.2) is 76.2 Å². The summed E-state index contributed by atoms with van der Waals surface area (Å²) in [6, 6.07) is 21.0. The van der Waals surface area contributed by atoms with E-state index in [1.807, 2.05) is 67.6 Å². The van der Waals surface area contributed by atoms with E-state index in [1.165, 1.54) is 0 Å². The third kappa shape index (κ3) is 4.53. The molecular weight excluding hydrogens is 464 g/mol. The maximum Gasteiger partial charge on any atom is 0.127 e. The molecule has 154 valence electrons. The first-order valence-corrected chi connectivity index (χ1v) is 11.0. The molecule has 1 heterocycles. The molecule has 3 aromatic rings. The molecule has 30 heavy (non-hydrogen) atoms. The lowest BCUT2D eigenvalue weighted by Crippen LogP contribution is -2.33. The summed E-state index contributed by atoms with van der Waals surface area (Å²) >= 11 is 9.99. The van der Waals surface area contributed by atoms with Crippen molar-refractivity contribution in [2.75, 3.05) is 6.61 Å². The highest BCUT2D eigenvalue weighted by atomic mass is 79.9. The van der Waals surface area contributed by atoms with Crippen LogP contribution in [0.2, 0.25) is 5.02 Å². The molecule has 0 unspecified atom stereocenters. The van der Waals surface area contributed by atoms with Crippen molar-refractivity contribution in [3.63, 3.8) is 0 Å². The second-order valence-corrected chi connectivity index (χ2v) is 8.41. The molecule has 0 fully saturated rings. The normalized spacial score (nSPS) is 18.7. The van der Waals surface area contributed by atoms with E-state index in [4.69, 9.17) is 21.3 Å². The standard InChI is InChI=1S/C24H22BrClN2O2/c1-2-30-17-10-7-15(8-11-17)21-14-22(19-13-16(25)9-12-23(19)29)28-24(27-21)18-5-3-4-6-20(18)26/h3-13,22,24,28-29H,2,14H2,1H3/t22-,24+/m0/s1. The van der Waals surface area contributed by atoms with Crippen molar-refractivity contribution >= 4 is 33.2 Å². The van der Waals surface area contributed by atoms with E-state index in [9.17, 15) is 5.11 Å². The van der Waals surface area contributed by atoms with Gasteiger partial charge in [0.1, 0.15) is 17.7 Å². The smallest absolute Gasteiger partial charge is 0.127 e. The van der Waals surface area contributed by atoms with E-state index < -0.39 is 0 Å². The average molecular weight is 486 g/mol. The molecule has 0 bridgehead atoms. The summed E-state index contributed by atoms with van der Waals surface area (Å²) in [4.78, 5) is 4.97. The number of hydrogen-bond donors (Lipinski definition) is 2. The van der Waals surface area contributed by atoms with Gasteiger partial charge in [-0.15, -0.1) is 0 Å². The van der Waals surface area contributed by atoms with Gasteiger partial charge in [0.05, 0.1) is 6.61 Å². The summed E-state index contributed by atoms with van der Waals surface area (Å²) in [6.07, 6.45) is 0.316. The number of halogens is 2. The van der Waals surface area contributed by atoms with Crippen LogP contribution in [-0.2, 0) is 0 Å². The molecule has 1 aliphatic rings. The Hall–Kier alpha value is -2.34. The molecule has 1 aliphatic heterocycles. The number of phenolic OH excluding ortho intramolecular Hbond substituents is 1. The fourth-order valence-electron chi connectivity index (χ4n) is 3.65. The van der Waals surface area contributed by atoms with Crippen LogP contribution in [0.4, 0.5) is 0 Å². The van der Waals surface area contributed by atoms with Crippen LogP contribution in [0, 0.1) is 0 Å². The molecule has 6 heteroatoms. The van der Waals surface area contributed by atoms with Gasteiger partial charge in [-0.2, -0.15) is 0 Å². The molecule has 4 rings (SSSR count). The molecule has 0 aliphatic carbocycles. The van der Waals surface area contributed by atoms with E-state index in [1.54, 1.807) is 6.07 Å². The van der Waals surface area contributed by atoms with E-state index in [0.717, 1.165) is 32.6 Å². The van der Waals surface area contributed by atoms with Gasteiger partial charge in [0, 0.05) is 38.8 Å². The zero-order valence-electron chi connectivity index (χ0n) is 16.5. The van der Waals surface area contributed by atoms with Gasteiger partial charge in [0.15, 0.2) is 0 Å². The Morgan fingerprint density at radius 2 is 1.87 bits per heavy atom. The lowest BCUT2D eigenvalue weighted by molar-refractivity contribution is 0.340. The molecule has 4 nitrogen and oxygen atoms in total. The topological polar surface area (TPSA) is 53.8 Å². The summed E-state index contributed by atoms with van der Waals surface area (Å²) in [6.45, 7) is 2.59. The van der Waals surface area contributed by atoms with Crippen molar-refractivity contribution in [2.24, 2.45) is 4.99 Å². The second kappa shape index (κ2) is 9.21. The molecule has 0 saturated carbocycles. The largest absolute Gasteiger partial charge is 0.508 e. The number of phenols is 1.